The van der Waals surface area contributed by atoms with Crippen LogP contribution in [-0.4, -0.2) is 17.9 Å². The van der Waals surface area contributed by atoms with Gasteiger partial charge in [-0.1, -0.05) is 13.0 Å². The summed E-state index contributed by atoms with van der Waals surface area (Å²) >= 11 is 6.62. The van der Waals surface area contributed by atoms with Crippen molar-refractivity contribution in [3.8, 4) is 0 Å². The average Bonchev–Trinajstić information content (AvgIpc) is 2.67. The molecule has 2 N–H and O–H groups in total. The molecular formula is C9H13N3S2. The molecule has 0 saturated carbocycles. The fourth-order valence-corrected chi connectivity index (χ4v) is 1.54. The van der Waals surface area contributed by atoms with Crippen LogP contribution in [0.4, 0.5) is 0 Å². The Morgan fingerprint density at radius 3 is 3.21 bits per heavy atom. The first-order valence-corrected chi connectivity index (χ1v) is 5.72. The van der Waals surface area contributed by atoms with Crippen molar-refractivity contribution in [1.82, 2.24) is 10.7 Å². The van der Waals surface area contributed by atoms with E-state index in [2.05, 4.69) is 22.8 Å². The molecule has 0 saturated heterocycles. The van der Waals surface area contributed by atoms with Gasteiger partial charge in [0.2, 0.25) is 0 Å². The summed E-state index contributed by atoms with van der Waals surface area (Å²) in [5.41, 5.74) is 2.75. The van der Waals surface area contributed by atoms with Crippen molar-refractivity contribution in [2.45, 2.75) is 13.3 Å². The van der Waals surface area contributed by atoms with E-state index in [4.69, 9.17) is 12.2 Å². The number of thiocarbonyl (C=S) groups is 1. The van der Waals surface area contributed by atoms with E-state index in [1.54, 1.807) is 17.6 Å². The van der Waals surface area contributed by atoms with Gasteiger partial charge in [0, 0.05) is 11.4 Å². The van der Waals surface area contributed by atoms with Gasteiger partial charge in [0.15, 0.2) is 5.11 Å². The normalized spacial score (nSPS) is 10.4. The van der Waals surface area contributed by atoms with Crippen LogP contribution in [0.3, 0.4) is 0 Å². The van der Waals surface area contributed by atoms with Crippen molar-refractivity contribution >= 4 is 34.9 Å². The molecule has 0 atom stereocenters. The lowest BCUT2D eigenvalue weighted by atomic mass is 10.5. The average molecular weight is 227 g/mol. The highest BCUT2D eigenvalue weighted by Gasteiger charge is 1.90. The molecule has 0 fully saturated rings. The highest BCUT2D eigenvalue weighted by molar-refractivity contribution is 7.80. The van der Waals surface area contributed by atoms with Gasteiger partial charge in [-0.15, -0.1) is 11.3 Å². The predicted molar refractivity (Wildman–Crippen MR) is 65.9 cm³/mol. The summed E-state index contributed by atoms with van der Waals surface area (Å²) in [6.45, 7) is 2.96. The Labute approximate surface area is 93.2 Å². The molecule has 0 aromatic carbocycles. The monoisotopic (exact) mass is 227 g/mol. The van der Waals surface area contributed by atoms with E-state index in [1.165, 1.54) is 0 Å². The van der Waals surface area contributed by atoms with Gasteiger partial charge in [-0.3, -0.25) is 5.43 Å². The Bertz CT molecular complexity index is 293. The van der Waals surface area contributed by atoms with E-state index in [9.17, 15) is 0 Å². The molecule has 0 aliphatic rings. The van der Waals surface area contributed by atoms with Crippen molar-refractivity contribution in [2.24, 2.45) is 5.10 Å². The second-order valence-corrected chi connectivity index (χ2v) is 4.03. The third-order valence-corrected chi connectivity index (χ3v) is 2.48. The zero-order valence-electron chi connectivity index (χ0n) is 7.99. The van der Waals surface area contributed by atoms with E-state index in [1.807, 2.05) is 17.5 Å². The van der Waals surface area contributed by atoms with Crippen LogP contribution in [-0.2, 0) is 0 Å². The van der Waals surface area contributed by atoms with Gasteiger partial charge in [0.1, 0.15) is 0 Å². The first-order chi connectivity index (χ1) is 6.83. The number of thiophene rings is 1. The van der Waals surface area contributed by atoms with Crippen LogP contribution in [0.15, 0.2) is 22.6 Å². The standard InChI is InChI=1S/C9H13N3S2/c1-2-5-10-9(13)12-11-7-8-4-3-6-14-8/h3-4,6-7H,2,5H2,1H3,(H2,10,12,13)/b11-7-. The summed E-state index contributed by atoms with van der Waals surface area (Å²) < 4.78 is 0. The minimum absolute atomic E-state index is 0.569. The van der Waals surface area contributed by atoms with Crippen LogP contribution < -0.4 is 10.7 Å². The van der Waals surface area contributed by atoms with E-state index >= 15 is 0 Å². The minimum Gasteiger partial charge on any atom is -0.361 e. The summed E-state index contributed by atoms with van der Waals surface area (Å²) in [7, 11) is 0. The Balaban J connectivity index is 2.23. The number of nitrogens with one attached hydrogen (secondary N) is 2. The summed E-state index contributed by atoms with van der Waals surface area (Å²) in [6, 6.07) is 3.98. The lowest BCUT2D eigenvalue weighted by Crippen LogP contribution is -2.32. The molecule has 3 nitrogen and oxygen atoms in total. The lowest BCUT2D eigenvalue weighted by Gasteiger charge is -2.03. The molecule has 0 spiro atoms. The minimum atomic E-state index is 0.569. The largest absolute Gasteiger partial charge is 0.361 e. The van der Waals surface area contributed by atoms with Gasteiger partial charge in [0.05, 0.1) is 6.21 Å². The zero-order valence-corrected chi connectivity index (χ0v) is 9.62. The fourth-order valence-electron chi connectivity index (χ4n) is 0.797. The molecule has 76 valence electrons. The maximum absolute atomic E-state index is 4.98. The van der Waals surface area contributed by atoms with Crippen LogP contribution in [0.2, 0.25) is 0 Å². The van der Waals surface area contributed by atoms with Crippen LogP contribution in [0.5, 0.6) is 0 Å². The van der Waals surface area contributed by atoms with Crippen molar-refractivity contribution in [3.05, 3.63) is 22.4 Å². The maximum Gasteiger partial charge on any atom is 0.186 e. The number of hydrogen-bond donors (Lipinski definition) is 2. The first kappa shape index (κ1) is 11.1. The lowest BCUT2D eigenvalue weighted by molar-refractivity contribution is 0.817. The highest BCUT2D eigenvalue weighted by Crippen LogP contribution is 2.03. The third kappa shape index (κ3) is 4.34. The Morgan fingerprint density at radius 2 is 2.57 bits per heavy atom. The molecule has 0 radical (unpaired) electrons. The molecule has 1 rings (SSSR count). The van der Waals surface area contributed by atoms with Crippen LogP contribution in [0, 0.1) is 0 Å². The molecule has 0 aliphatic heterocycles. The van der Waals surface area contributed by atoms with Gasteiger partial charge in [0.25, 0.3) is 0 Å². The number of nitrogens with zero attached hydrogens (tertiary/aromatic N) is 1. The van der Waals surface area contributed by atoms with Crippen molar-refractivity contribution in [1.29, 1.82) is 0 Å². The zero-order chi connectivity index (χ0) is 10.2. The predicted octanol–water partition coefficient (Wildman–Crippen LogP) is 1.96. The van der Waals surface area contributed by atoms with Gasteiger partial charge in [-0.05, 0) is 30.1 Å². The molecule has 0 amide bonds. The molecule has 0 bridgehead atoms. The van der Waals surface area contributed by atoms with Gasteiger partial charge in [-0.2, -0.15) is 5.10 Å². The summed E-state index contributed by atoms with van der Waals surface area (Å²) in [4.78, 5) is 1.11. The third-order valence-electron chi connectivity index (χ3n) is 1.44. The second-order valence-electron chi connectivity index (χ2n) is 2.64. The Hall–Kier alpha value is -0.940. The fraction of sp³-hybridized carbons (Fsp3) is 0.333. The molecule has 1 aromatic rings. The smallest absolute Gasteiger partial charge is 0.186 e. The number of hydrogen-bond acceptors (Lipinski definition) is 3. The highest BCUT2D eigenvalue weighted by atomic mass is 32.1. The van der Waals surface area contributed by atoms with Gasteiger partial charge >= 0.3 is 0 Å². The quantitative estimate of drug-likeness (QED) is 0.469. The van der Waals surface area contributed by atoms with Gasteiger partial charge in [-0.25, -0.2) is 0 Å². The van der Waals surface area contributed by atoms with Crippen LogP contribution in [0.1, 0.15) is 18.2 Å². The van der Waals surface area contributed by atoms with Gasteiger partial charge < -0.3 is 5.32 Å². The Kier molecular flexibility index (Phi) is 5.17. The van der Waals surface area contributed by atoms with Crippen molar-refractivity contribution < 1.29 is 0 Å². The number of rotatable bonds is 4. The first-order valence-electron chi connectivity index (χ1n) is 4.43. The molecule has 1 aromatic heterocycles. The topological polar surface area (TPSA) is 36.4 Å². The second kappa shape index (κ2) is 6.50. The molecule has 0 aliphatic carbocycles. The molecule has 0 unspecified atom stereocenters. The molecule has 5 heteroatoms. The van der Waals surface area contributed by atoms with Crippen molar-refractivity contribution in [3.63, 3.8) is 0 Å². The van der Waals surface area contributed by atoms with Crippen LogP contribution >= 0.6 is 23.6 Å². The van der Waals surface area contributed by atoms with E-state index in [-0.39, 0.29) is 0 Å². The SMILES string of the molecule is CCCNC(=S)N/N=C\c1cccs1. The van der Waals surface area contributed by atoms with E-state index in [0.717, 1.165) is 17.8 Å². The van der Waals surface area contributed by atoms with Crippen LogP contribution in [0.25, 0.3) is 0 Å². The summed E-state index contributed by atoms with van der Waals surface area (Å²) in [6.07, 6.45) is 2.81. The van der Waals surface area contributed by atoms with E-state index < -0.39 is 0 Å². The molecule has 14 heavy (non-hydrogen) atoms. The maximum atomic E-state index is 4.98. The molecular weight excluding hydrogens is 214 g/mol. The van der Waals surface area contributed by atoms with E-state index in [0.29, 0.717) is 5.11 Å². The Morgan fingerprint density at radius 1 is 1.71 bits per heavy atom. The summed E-state index contributed by atoms with van der Waals surface area (Å²) in [5, 5.41) is 9.60. The molecule has 1 heterocycles. The summed E-state index contributed by atoms with van der Waals surface area (Å²) in [5.74, 6) is 0. The van der Waals surface area contributed by atoms with Crippen molar-refractivity contribution in [2.75, 3.05) is 6.54 Å². The number of hydrazone groups is 1.